The van der Waals surface area contributed by atoms with Crippen molar-refractivity contribution < 1.29 is 13.9 Å². The summed E-state index contributed by atoms with van der Waals surface area (Å²) in [4.78, 5) is 19.8. The summed E-state index contributed by atoms with van der Waals surface area (Å²) in [5.41, 5.74) is 1.86. The van der Waals surface area contributed by atoms with Gasteiger partial charge in [0.1, 0.15) is 17.3 Å². The molecule has 2 heterocycles. The molecule has 1 unspecified atom stereocenters. The Hall–Kier alpha value is -2.89. The lowest BCUT2D eigenvalue weighted by molar-refractivity contribution is 0.0935. The zero-order valence-electron chi connectivity index (χ0n) is 14.5. The van der Waals surface area contributed by atoms with Gasteiger partial charge in [-0.3, -0.25) is 9.78 Å². The number of nitrogens with one attached hydrogen (secondary N) is 2. The molecule has 1 saturated carbocycles. The van der Waals surface area contributed by atoms with Crippen molar-refractivity contribution in [2.45, 2.75) is 25.8 Å². The van der Waals surface area contributed by atoms with Gasteiger partial charge in [0, 0.05) is 10.9 Å². The number of carbonyl (C=O) groups is 1. The molecule has 2 N–H and O–H groups in total. The Kier molecular flexibility index (Phi) is 4.32. The van der Waals surface area contributed by atoms with Crippen molar-refractivity contribution in [2.24, 2.45) is 5.92 Å². The second-order valence-corrected chi connectivity index (χ2v) is 6.78. The van der Waals surface area contributed by atoms with Crippen molar-refractivity contribution >= 4 is 16.8 Å². The number of carbonyl (C=O) groups excluding carboxylic acids is 1. The van der Waals surface area contributed by atoms with E-state index in [-0.39, 0.29) is 17.8 Å². The standard InChI is InChI=1S/C20H20FN3O2/c1-12(17-7-5-16(10-22-17)26-11-13-2-3-13)23-20(25)19-9-14-8-15(21)4-6-18(14)24-19/h4-10,12-13,24H,2-3,11H2,1H3,(H,23,25). The fraction of sp³-hybridized carbons (Fsp3) is 0.300. The molecule has 134 valence electrons. The molecule has 26 heavy (non-hydrogen) atoms. The number of ether oxygens (including phenoxy) is 1. The summed E-state index contributed by atoms with van der Waals surface area (Å²) >= 11 is 0. The minimum absolute atomic E-state index is 0.259. The van der Waals surface area contributed by atoms with E-state index in [1.807, 2.05) is 19.1 Å². The van der Waals surface area contributed by atoms with Crippen LogP contribution in [0.15, 0.2) is 42.6 Å². The molecule has 1 amide bonds. The number of hydrogen-bond donors (Lipinski definition) is 2. The van der Waals surface area contributed by atoms with Gasteiger partial charge in [-0.2, -0.15) is 0 Å². The highest BCUT2D eigenvalue weighted by molar-refractivity contribution is 5.98. The monoisotopic (exact) mass is 353 g/mol. The summed E-state index contributed by atoms with van der Waals surface area (Å²) in [5, 5.41) is 3.57. The lowest BCUT2D eigenvalue weighted by Gasteiger charge is -2.13. The molecular weight excluding hydrogens is 333 g/mol. The van der Waals surface area contributed by atoms with Gasteiger partial charge in [0.05, 0.1) is 24.5 Å². The normalized spacial score (nSPS) is 15.0. The predicted molar refractivity (Wildman–Crippen MR) is 96.6 cm³/mol. The van der Waals surface area contributed by atoms with E-state index in [1.54, 1.807) is 18.3 Å². The van der Waals surface area contributed by atoms with Crippen molar-refractivity contribution in [3.8, 4) is 5.75 Å². The summed E-state index contributed by atoms with van der Waals surface area (Å²) in [5.74, 6) is 0.851. The summed E-state index contributed by atoms with van der Waals surface area (Å²) in [6, 6.07) is 9.49. The topological polar surface area (TPSA) is 67.0 Å². The molecule has 0 spiro atoms. The van der Waals surface area contributed by atoms with Crippen molar-refractivity contribution in [2.75, 3.05) is 6.61 Å². The van der Waals surface area contributed by atoms with E-state index in [2.05, 4.69) is 15.3 Å². The number of aromatic nitrogens is 2. The SMILES string of the molecule is CC(NC(=O)c1cc2cc(F)ccc2[nH]1)c1ccc(OCC2CC2)cn1. The first-order valence-corrected chi connectivity index (χ1v) is 8.76. The third-order valence-corrected chi connectivity index (χ3v) is 4.56. The first-order chi connectivity index (χ1) is 12.6. The summed E-state index contributed by atoms with van der Waals surface area (Å²) in [6.07, 6.45) is 4.18. The molecule has 0 saturated heterocycles. The molecule has 0 aliphatic heterocycles. The second kappa shape index (κ2) is 6.78. The van der Waals surface area contributed by atoms with Crippen LogP contribution in [-0.2, 0) is 0 Å². The Morgan fingerprint density at radius 2 is 2.19 bits per heavy atom. The van der Waals surface area contributed by atoms with Crippen molar-refractivity contribution in [1.29, 1.82) is 0 Å². The largest absolute Gasteiger partial charge is 0.492 e. The smallest absolute Gasteiger partial charge is 0.268 e. The molecule has 3 aromatic rings. The number of H-pyrrole nitrogens is 1. The maximum absolute atomic E-state index is 13.3. The maximum atomic E-state index is 13.3. The highest BCUT2D eigenvalue weighted by atomic mass is 19.1. The Balaban J connectivity index is 1.40. The van der Waals surface area contributed by atoms with Gasteiger partial charge in [-0.15, -0.1) is 0 Å². The number of nitrogens with zero attached hydrogens (tertiary/aromatic N) is 1. The van der Waals surface area contributed by atoms with Gasteiger partial charge in [-0.1, -0.05) is 0 Å². The average molecular weight is 353 g/mol. The molecule has 0 bridgehead atoms. The Bertz CT molecular complexity index is 932. The zero-order chi connectivity index (χ0) is 18.1. The molecule has 5 nitrogen and oxygen atoms in total. The van der Waals surface area contributed by atoms with Crippen LogP contribution in [0.2, 0.25) is 0 Å². The van der Waals surface area contributed by atoms with Gasteiger partial charge in [0.25, 0.3) is 5.91 Å². The molecule has 4 rings (SSSR count). The molecule has 1 fully saturated rings. The van der Waals surface area contributed by atoms with Crippen LogP contribution in [0.25, 0.3) is 10.9 Å². The van der Waals surface area contributed by atoms with Gasteiger partial charge in [0.15, 0.2) is 0 Å². The lowest BCUT2D eigenvalue weighted by Crippen LogP contribution is -2.27. The Labute approximate surface area is 150 Å². The van der Waals surface area contributed by atoms with Gasteiger partial charge >= 0.3 is 0 Å². The van der Waals surface area contributed by atoms with Crippen LogP contribution >= 0.6 is 0 Å². The molecular formula is C20H20FN3O2. The van der Waals surface area contributed by atoms with Gasteiger partial charge < -0.3 is 15.0 Å². The minimum atomic E-state index is -0.329. The van der Waals surface area contributed by atoms with E-state index >= 15 is 0 Å². The quantitative estimate of drug-likeness (QED) is 0.704. The number of aromatic amines is 1. The van der Waals surface area contributed by atoms with Crippen molar-refractivity contribution in [3.05, 3.63) is 59.8 Å². The number of rotatable bonds is 6. The molecule has 0 radical (unpaired) electrons. The van der Waals surface area contributed by atoms with Crippen LogP contribution < -0.4 is 10.1 Å². The Morgan fingerprint density at radius 3 is 2.92 bits per heavy atom. The number of amides is 1. The van der Waals surface area contributed by atoms with Crippen LogP contribution in [0.1, 0.15) is 42.0 Å². The van der Waals surface area contributed by atoms with E-state index in [0.717, 1.165) is 23.6 Å². The van der Waals surface area contributed by atoms with Crippen LogP contribution in [0, 0.1) is 11.7 Å². The average Bonchev–Trinajstić information content (AvgIpc) is 3.37. The predicted octanol–water partition coefficient (Wildman–Crippen LogP) is 3.98. The number of hydrogen-bond acceptors (Lipinski definition) is 3. The molecule has 1 aliphatic rings. The third kappa shape index (κ3) is 3.69. The van der Waals surface area contributed by atoms with E-state index in [1.165, 1.54) is 25.0 Å². The molecule has 1 aliphatic carbocycles. The van der Waals surface area contributed by atoms with Crippen molar-refractivity contribution in [3.63, 3.8) is 0 Å². The van der Waals surface area contributed by atoms with E-state index in [4.69, 9.17) is 4.74 Å². The fourth-order valence-corrected chi connectivity index (χ4v) is 2.81. The second-order valence-electron chi connectivity index (χ2n) is 6.78. The maximum Gasteiger partial charge on any atom is 0.268 e. The first kappa shape index (κ1) is 16.6. The molecule has 1 atom stereocenters. The third-order valence-electron chi connectivity index (χ3n) is 4.56. The van der Waals surface area contributed by atoms with E-state index < -0.39 is 0 Å². The summed E-state index contributed by atoms with van der Waals surface area (Å²) in [7, 11) is 0. The lowest BCUT2D eigenvalue weighted by atomic mass is 10.2. The number of halogens is 1. The van der Waals surface area contributed by atoms with Crippen LogP contribution in [0.3, 0.4) is 0 Å². The highest BCUT2D eigenvalue weighted by Crippen LogP contribution is 2.29. The number of pyridine rings is 1. The highest BCUT2D eigenvalue weighted by Gasteiger charge is 2.22. The minimum Gasteiger partial charge on any atom is -0.492 e. The molecule has 2 aromatic heterocycles. The Morgan fingerprint density at radius 1 is 1.35 bits per heavy atom. The number of fused-ring (bicyclic) bond motifs is 1. The van der Waals surface area contributed by atoms with Crippen LogP contribution in [0.5, 0.6) is 5.75 Å². The first-order valence-electron chi connectivity index (χ1n) is 8.76. The fourth-order valence-electron chi connectivity index (χ4n) is 2.81. The number of benzene rings is 1. The van der Waals surface area contributed by atoms with Gasteiger partial charge in [0.2, 0.25) is 0 Å². The summed E-state index contributed by atoms with van der Waals surface area (Å²) < 4.78 is 19.0. The van der Waals surface area contributed by atoms with Crippen molar-refractivity contribution in [1.82, 2.24) is 15.3 Å². The molecule has 6 heteroatoms. The zero-order valence-corrected chi connectivity index (χ0v) is 14.5. The van der Waals surface area contributed by atoms with Crippen LogP contribution in [0.4, 0.5) is 4.39 Å². The van der Waals surface area contributed by atoms with Gasteiger partial charge in [-0.05, 0) is 62.1 Å². The van der Waals surface area contributed by atoms with Crippen LogP contribution in [-0.4, -0.2) is 22.5 Å². The van der Waals surface area contributed by atoms with E-state index in [0.29, 0.717) is 17.0 Å². The summed E-state index contributed by atoms with van der Waals surface area (Å²) in [6.45, 7) is 2.61. The van der Waals surface area contributed by atoms with E-state index in [9.17, 15) is 9.18 Å². The molecule has 1 aromatic carbocycles. The van der Waals surface area contributed by atoms with Gasteiger partial charge in [-0.25, -0.2) is 4.39 Å².